The number of nitrogens with zero attached hydrogens (tertiary/aromatic N) is 4. The van der Waals surface area contributed by atoms with Gasteiger partial charge in [-0.15, -0.1) is 0 Å². The molecule has 164 valence electrons. The molecular weight excluding hydrogens is 398 g/mol. The molecule has 1 aromatic heterocycles. The van der Waals surface area contributed by atoms with Crippen molar-refractivity contribution in [2.24, 2.45) is 5.84 Å². The van der Waals surface area contributed by atoms with Crippen molar-refractivity contribution in [2.45, 2.75) is 38.1 Å². The third kappa shape index (κ3) is 4.11. The molecule has 4 rings (SSSR count). The maximum absolute atomic E-state index is 12.5. The fourth-order valence-electron chi connectivity index (χ4n) is 4.21. The zero-order valence-corrected chi connectivity index (χ0v) is 17.7. The lowest BCUT2D eigenvalue weighted by Crippen LogP contribution is -2.34. The van der Waals surface area contributed by atoms with Gasteiger partial charge in [-0.1, -0.05) is 12.8 Å². The number of nitrogens with two attached hydrogens (primary N) is 1. The summed E-state index contributed by atoms with van der Waals surface area (Å²) in [5.74, 6) is 6.46. The molecule has 10 heteroatoms. The number of hydrogen-bond acceptors (Lipinski definition) is 8. The molecule has 10 nitrogen and oxygen atoms in total. The zero-order valence-electron chi connectivity index (χ0n) is 17.7. The number of carbonyl (C=O) groups is 2. The van der Waals surface area contributed by atoms with Gasteiger partial charge in [-0.05, 0) is 31.0 Å². The first-order valence-corrected chi connectivity index (χ1v) is 10.4. The highest BCUT2D eigenvalue weighted by atomic mass is 16.5. The lowest BCUT2D eigenvalue weighted by atomic mass is 10.2. The Morgan fingerprint density at radius 2 is 2.06 bits per heavy atom. The molecule has 0 spiro atoms. The number of nitrogens with one attached hydrogen (secondary N) is 2. The van der Waals surface area contributed by atoms with E-state index in [0.29, 0.717) is 47.6 Å². The lowest BCUT2D eigenvalue weighted by Gasteiger charge is -2.30. The third-order valence-electron chi connectivity index (χ3n) is 5.93. The molecule has 2 heterocycles. The second kappa shape index (κ2) is 8.76. The first-order chi connectivity index (χ1) is 15.0. The van der Waals surface area contributed by atoms with E-state index in [1.54, 1.807) is 36.3 Å². The highest BCUT2D eigenvalue weighted by molar-refractivity contribution is 5.97. The molecule has 0 atom stereocenters. The van der Waals surface area contributed by atoms with E-state index in [4.69, 9.17) is 15.6 Å². The fourth-order valence-corrected chi connectivity index (χ4v) is 4.21. The van der Waals surface area contributed by atoms with E-state index in [1.165, 1.54) is 20.0 Å². The second-order valence-corrected chi connectivity index (χ2v) is 7.75. The lowest BCUT2D eigenvalue weighted by molar-refractivity contribution is -0.118. The Hall–Kier alpha value is -3.40. The molecule has 1 fully saturated rings. The van der Waals surface area contributed by atoms with Gasteiger partial charge >= 0.3 is 0 Å². The van der Waals surface area contributed by atoms with Crippen LogP contribution in [0.15, 0.2) is 24.4 Å². The standard InChI is InChI=1S/C21H27N7O3/c1-27-16-12-23-21(24-15-8-7-13(20(30)26-22)11-17(15)31-2)25-19(16)28(10-9-18(27)29)14-5-3-4-6-14/h7-8,11-12,14H,3-6,9-10,22H2,1-2H3,(H,26,30)(H,23,24,25). The van der Waals surface area contributed by atoms with Crippen LogP contribution in [0.3, 0.4) is 0 Å². The smallest absolute Gasteiger partial charge is 0.265 e. The van der Waals surface area contributed by atoms with Crippen LogP contribution < -0.4 is 31.1 Å². The molecule has 0 radical (unpaired) electrons. The molecule has 2 aliphatic rings. The Bertz CT molecular complexity index is 991. The summed E-state index contributed by atoms with van der Waals surface area (Å²) in [6, 6.07) is 5.31. The van der Waals surface area contributed by atoms with Gasteiger partial charge < -0.3 is 19.9 Å². The number of nitrogen functional groups attached to an aromatic ring is 1. The van der Waals surface area contributed by atoms with Crippen LogP contribution >= 0.6 is 0 Å². The Labute approximate surface area is 180 Å². The Balaban J connectivity index is 1.68. The van der Waals surface area contributed by atoms with Gasteiger partial charge in [-0.25, -0.2) is 10.8 Å². The number of rotatable bonds is 5. The summed E-state index contributed by atoms with van der Waals surface area (Å²) in [5.41, 5.74) is 3.80. The quantitative estimate of drug-likeness (QED) is 0.377. The number of anilines is 4. The molecular formula is C21H27N7O3. The van der Waals surface area contributed by atoms with Gasteiger partial charge in [0.25, 0.3) is 5.91 Å². The zero-order chi connectivity index (χ0) is 22.0. The van der Waals surface area contributed by atoms with E-state index in [9.17, 15) is 9.59 Å². The van der Waals surface area contributed by atoms with Crippen LogP contribution in [0.2, 0.25) is 0 Å². The average molecular weight is 425 g/mol. The van der Waals surface area contributed by atoms with Crippen LogP contribution in [0.4, 0.5) is 23.1 Å². The minimum Gasteiger partial charge on any atom is -0.495 e. The number of amides is 2. The largest absolute Gasteiger partial charge is 0.495 e. The molecule has 0 bridgehead atoms. The predicted molar refractivity (Wildman–Crippen MR) is 118 cm³/mol. The van der Waals surface area contributed by atoms with E-state index in [-0.39, 0.29) is 5.91 Å². The highest BCUT2D eigenvalue weighted by Crippen LogP contribution is 2.36. The Kier molecular flexibility index (Phi) is 5.90. The number of aromatic nitrogens is 2. The molecule has 1 aliphatic heterocycles. The normalized spacial score (nSPS) is 16.7. The fraction of sp³-hybridized carbons (Fsp3) is 0.429. The average Bonchev–Trinajstić information content (AvgIpc) is 3.29. The molecule has 2 amide bonds. The summed E-state index contributed by atoms with van der Waals surface area (Å²) in [4.78, 5) is 37.4. The SMILES string of the molecule is COc1cc(C(=O)NN)ccc1Nc1ncc2c(n1)N(C1CCCC1)CCC(=O)N2C. The maximum Gasteiger partial charge on any atom is 0.265 e. The minimum absolute atomic E-state index is 0.0569. The van der Waals surface area contributed by atoms with Gasteiger partial charge in [-0.2, -0.15) is 4.98 Å². The van der Waals surface area contributed by atoms with Crippen molar-refractivity contribution in [1.29, 1.82) is 0 Å². The number of carbonyl (C=O) groups excluding carboxylic acids is 2. The highest BCUT2D eigenvalue weighted by Gasteiger charge is 2.31. The first kappa shape index (κ1) is 20.9. The van der Waals surface area contributed by atoms with Crippen molar-refractivity contribution < 1.29 is 14.3 Å². The summed E-state index contributed by atoms with van der Waals surface area (Å²) >= 11 is 0. The Morgan fingerprint density at radius 1 is 1.29 bits per heavy atom. The predicted octanol–water partition coefficient (Wildman–Crippen LogP) is 1.95. The molecule has 1 saturated carbocycles. The van der Waals surface area contributed by atoms with Crippen LogP contribution in [0.1, 0.15) is 42.5 Å². The molecule has 31 heavy (non-hydrogen) atoms. The second-order valence-electron chi connectivity index (χ2n) is 7.75. The molecule has 1 aromatic carbocycles. The van der Waals surface area contributed by atoms with E-state index >= 15 is 0 Å². The number of benzene rings is 1. The van der Waals surface area contributed by atoms with Crippen molar-refractivity contribution in [3.05, 3.63) is 30.0 Å². The molecule has 4 N–H and O–H groups in total. The van der Waals surface area contributed by atoms with Gasteiger partial charge in [-0.3, -0.25) is 15.0 Å². The molecule has 1 aliphatic carbocycles. The van der Waals surface area contributed by atoms with Crippen molar-refractivity contribution >= 4 is 35.0 Å². The van der Waals surface area contributed by atoms with Crippen LogP contribution in [-0.4, -0.2) is 48.5 Å². The van der Waals surface area contributed by atoms with Gasteiger partial charge in [0.2, 0.25) is 11.9 Å². The van der Waals surface area contributed by atoms with E-state index in [1.807, 2.05) is 0 Å². The van der Waals surface area contributed by atoms with Crippen LogP contribution in [0.25, 0.3) is 0 Å². The summed E-state index contributed by atoms with van der Waals surface area (Å²) in [6.07, 6.45) is 6.71. The third-order valence-corrected chi connectivity index (χ3v) is 5.93. The van der Waals surface area contributed by atoms with Gasteiger partial charge in [0, 0.05) is 31.6 Å². The van der Waals surface area contributed by atoms with Crippen molar-refractivity contribution in [3.8, 4) is 5.75 Å². The summed E-state index contributed by atoms with van der Waals surface area (Å²) in [5, 5.41) is 3.18. The first-order valence-electron chi connectivity index (χ1n) is 10.4. The number of ether oxygens (including phenoxy) is 1. The van der Waals surface area contributed by atoms with Gasteiger partial charge in [0.05, 0.1) is 19.0 Å². The Morgan fingerprint density at radius 3 is 2.77 bits per heavy atom. The van der Waals surface area contributed by atoms with E-state index in [2.05, 4.69) is 20.6 Å². The molecule has 2 aromatic rings. The number of fused-ring (bicyclic) bond motifs is 1. The van der Waals surface area contributed by atoms with Crippen molar-refractivity contribution in [1.82, 2.24) is 15.4 Å². The maximum atomic E-state index is 12.5. The number of hydrogen-bond donors (Lipinski definition) is 3. The molecule has 0 unspecified atom stereocenters. The van der Waals surface area contributed by atoms with Crippen LogP contribution in [-0.2, 0) is 4.79 Å². The van der Waals surface area contributed by atoms with Crippen LogP contribution in [0, 0.1) is 0 Å². The number of hydrazine groups is 1. The van der Waals surface area contributed by atoms with E-state index < -0.39 is 5.91 Å². The summed E-state index contributed by atoms with van der Waals surface area (Å²) in [6.45, 7) is 0.642. The summed E-state index contributed by atoms with van der Waals surface area (Å²) in [7, 11) is 3.28. The van der Waals surface area contributed by atoms with Crippen LogP contribution in [0.5, 0.6) is 5.75 Å². The van der Waals surface area contributed by atoms with E-state index in [0.717, 1.165) is 18.7 Å². The monoisotopic (exact) mass is 425 g/mol. The molecule has 0 saturated heterocycles. The topological polar surface area (TPSA) is 126 Å². The van der Waals surface area contributed by atoms with Gasteiger partial charge in [0.1, 0.15) is 11.4 Å². The number of methoxy groups -OCH3 is 1. The summed E-state index contributed by atoms with van der Waals surface area (Å²) < 4.78 is 5.42. The van der Waals surface area contributed by atoms with Crippen molar-refractivity contribution in [2.75, 3.05) is 35.8 Å². The minimum atomic E-state index is -0.411. The van der Waals surface area contributed by atoms with Gasteiger partial charge in [0.15, 0.2) is 5.82 Å². The van der Waals surface area contributed by atoms with Crippen molar-refractivity contribution in [3.63, 3.8) is 0 Å².